The summed E-state index contributed by atoms with van der Waals surface area (Å²) in [5, 5.41) is 13.3. The van der Waals surface area contributed by atoms with Crippen molar-refractivity contribution in [3.8, 4) is 34.0 Å². The molecule has 0 atom stereocenters. The number of aryl methyl sites for hydroxylation is 2. The van der Waals surface area contributed by atoms with E-state index in [1.54, 1.807) is 6.07 Å². The van der Waals surface area contributed by atoms with Crippen LogP contribution >= 0.6 is 0 Å². The monoisotopic (exact) mass is 529 g/mol. The lowest BCUT2D eigenvalue weighted by Gasteiger charge is -2.19. The predicted molar refractivity (Wildman–Crippen MR) is 164 cm³/mol. The molecule has 0 bridgehead atoms. The Hall–Kier alpha value is -4.31. The largest absolute Gasteiger partial charge is 0.507 e. The van der Waals surface area contributed by atoms with E-state index < -0.39 is 0 Å². The Morgan fingerprint density at radius 2 is 1.48 bits per heavy atom. The van der Waals surface area contributed by atoms with Crippen molar-refractivity contribution < 1.29 is 14.1 Å². The van der Waals surface area contributed by atoms with Gasteiger partial charge in [0.1, 0.15) is 35.0 Å². The van der Waals surface area contributed by atoms with E-state index in [1.165, 1.54) is 22.4 Å². The number of phenolic OH excluding ortho intramolecular Hbond substituents is 1. The first-order valence-electron chi connectivity index (χ1n) is 14.1. The minimum Gasteiger partial charge on any atom is -0.507 e. The predicted octanol–water partition coefficient (Wildman–Crippen LogP) is 9.10. The van der Waals surface area contributed by atoms with Crippen LogP contribution in [0.3, 0.4) is 0 Å². The lowest BCUT2D eigenvalue weighted by Crippen LogP contribution is -2.30. The molecule has 0 aliphatic carbocycles. The van der Waals surface area contributed by atoms with Crippen LogP contribution in [0, 0.1) is 13.8 Å². The van der Waals surface area contributed by atoms with E-state index in [4.69, 9.17) is 4.42 Å². The highest BCUT2D eigenvalue weighted by Gasteiger charge is 2.29. The van der Waals surface area contributed by atoms with Crippen LogP contribution in [-0.2, 0) is 7.05 Å². The van der Waals surface area contributed by atoms with E-state index in [1.807, 2.05) is 24.3 Å². The average Bonchev–Trinajstić information content (AvgIpc) is 3.49. The van der Waals surface area contributed by atoms with Gasteiger partial charge in [-0.3, -0.25) is 0 Å². The van der Waals surface area contributed by atoms with Crippen molar-refractivity contribution in [2.45, 2.75) is 53.4 Å². The molecule has 6 rings (SSSR count). The Bertz CT molecular complexity index is 1880. The van der Waals surface area contributed by atoms with Gasteiger partial charge in [-0.2, -0.15) is 4.57 Å². The van der Waals surface area contributed by atoms with Crippen LogP contribution < -0.4 is 4.57 Å². The molecule has 0 saturated heterocycles. The number of aromatic hydroxyl groups is 1. The van der Waals surface area contributed by atoms with Crippen molar-refractivity contribution in [2.75, 3.05) is 0 Å². The number of fused-ring (bicyclic) bond motifs is 3. The highest BCUT2D eigenvalue weighted by molar-refractivity contribution is 6.11. The molecule has 2 heterocycles. The third-order valence-corrected chi connectivity index (χ3v) is 8.28. The van der Waals surface area contributed by atoms with Crippen molar-refractivity contribution in [3.05, 3.63) is 101 Å². The van der Waals surface area contributed by atoms with E-state index in [0.717, 1.165) is 44.4 Å². The molecule has 40 heavy (non-hydrogen) atoms. The van der Waals surface area contributed by atoms with Crippen LogP contribution in [0.2, 0.25) is 0 Å². The molecule has 4 nitrogen and oxygen atoms in total. The molecule has 6 aromatic rings. The van der Waals surface area contributed by atoms with Gasteiger partial charge in [0, 0.05) is 21.9 Å². The minimum absolute atomic E-state index is 0.219. The molecule has 0 aliphatic rings. The van der Waals surface area contributed by atoms with Crippen LogP contribution in [0.1, 0.15) is 61.8 Å². The molecular weight excluding hydrogens is 492 g/mol. The summed E-state index contributed by atoms with van der Waals surface area (Å²) in [7, 11) is 2.11. The third-order valence-electron chi connectivity index (χ3n) is 8.28. The average molecular weight is 530 g/mol. The summed E-state index contributed by atoms with van der Waals surface area (Å²) in [4.78, 5) is 0. The molecule has 1 N–H and O–H groups in total. The Kier molecular flexibility index (Phi) is 6.29. The summed E-state index contributed by atoms with van der Waals surface area (Å²) < 4.78 is 10.9. The van der Waals surface area contributed by atoms with Crippen LogP contribution in [0.15, 0.2) is 83.5 Å². The summed E-state index contributed by atoms with van der Waals surface area (Å²) in [6.07, 6.45) is 4.32. The molecule has 0 unspecified atom stereocenters. The number of para-hydroxylation sites is 2. The van der Waals surface area contributed by atoms with E-state index >= 15 is 0 Å². The fourth-order valence-corrected chi connectivity index (χ4v) is 6.25. The van der Waals surface area contributed by atoms with E-state index in [-0.39, 0.29) is 5.75 Å². The van der Waals surface area contributed by atoms with Crippen LogP contribution in [0.25, 0.3) is 50.1 Å². The standard InChI is InChI=1S/C36H36N2O2/c1-21(2)25-12-10-13-26(22(3)4)34(25)38-20-19-37(7)36(38)32-23(5)15-16-27(24(32)6)33-30(39)18-17-29-28-11-8-9-14-31(28)40-35(29)33/h8-22H,1-7H3/p+1. The summed E-state index contributed by atoms with van der Waals surface area (Å²) in [6.45, 7) is 13.4. The number of furan rings is 1. The topological polar surface area (TPSA) is 42.2 Å². The Labute approximate surface area is 236 Å². The van der Waals surface area contributed by atoms with Crippen molar-refractivity contribution >= 4 is 21.9 Å². The molecule has 0 saturated carbocycles. The first-order chi connectivity index (χ1) is 19.2. The zero-order chi connectivity index (χ0) is 28.3. The van der Waals surface area contributed by atoms with Gasteiger partial charge in [-0.25, -0.2) is 4.57 Å². The highest BCUT2D eigenvalue weighted by Crippen LogP contribution is 2.44. The van der Waals surface area contributed by atoms with Gasteiger partial charge in [0.05, 0.1) is 18.2 Å². The Morgan fingerprint density at radius 1 is 0.775 bits per heavy atom. The Morgan fingerprint density at radius 3 is 2.17 bits per heavy atom. The zero-order valence-electron chi connectivity index (χ0n) is 24.4. The highest BCUT2D eigenvalue weighted by atomic mass is 16.3. The molecule has 0 spiro atoms. The maximum atomic E-state index is 11.2. The van der Waals surface area contributed by atoms with E-state index in [9.17, 15) is 5.11 Å². The van der Waals surface area contributed by atoms with Gasteiger partial charge in [0.25, 0.3) is 5.82 Å². The fourth-order valence-electron chi connectivity index (χ4n) is 6.25. The summed E-state index contributed by atoms with van der Waals surface area (Å²) in [5.41, 5.74) is 10.6. The van der Waals surface area contributed by atoms with Gasteiger partial charge in [-0.15, -0.1) is 0 Å². The quantitative estimate of drug-likeness (QED) is 0.226. The van der Waals surface area contributed by atoms with E-state index in [0.29, 0.717) is 17.4 Å². The van der Waals surface area contributed by atoms with Gasteiger partial charge >= 0.3 is 0 Å². The van der Waals surface area contributed by atoms with Gasteiger partial charge in [0.15, 0.2) is 0 Å². The van der Waals surface area contributed by atoms with Crippen molar-refractivity contribution in [2.24, 2.45) is 7.05 Å². The maximum Gasteiger partial charge on any atom is 0.294 e. The first-order valence-corrected chi connectivity index (χ1v) is 14.1. The zero-order valence-corrected chi connectivity index (χ0v) is 24.4. The number of aromatic nitrogens is 2. The molecule has 4 aromatic carbocycles. The number of rotatable bonds is 5. The van der Waals surface area contributed by atoms with Crippen molar-refractivity contribution in [3.63, 3.8) is 0 Å². The van der Waals surface area contributed by atoms with Crippen molar-refractivity contribution in [1.82, 2.24) is 4.57 Å². The number of benzene rings is 4. The fraction of sp³-hybridized carbons (Fsp3) is 0.250. The second-order valence-electron chi connectivity index (χ2n) is 11.6. The number of nitrogens with zero attached hydrogens (tertiary/aromatic N) is 2. The smallest absolute Gasteiger partial charge is 0.294 e. The SMILES string of the molecule is Cc1ccc(-c2c(O)ccc3c2oc2ccccc23)c(C)c1-c1n(-c2c(C(C)C)cccc2C(C)C)cc[n+]1C. The molecule has 202 valence electrons. The Balaban J connectivity index is 1.66. The first kappa shape index (κ1) is 25.9. The lowest BCUT2D eigenvalue weighted by molar-refractivity contribution is -0.659. The number of hydrogen-bond donors (Lipinski definition) is 1. The third kappa shape index (κ3) is 3.93. The number of imidazole rings is 1. The minimum atomic E-state index is 0.219. The maximum absolute atomic E-state index is 11.2. The normalized spacial score (nSPS) is 11.9. The lowest BCUT2D eigenvalue weighted by atomic mass is 9.90. The number of hydrogen-bond acceptors (Lipinski definition) is 2. The van der Waals surface area contributed by atoms with Crippen molar-refractivity contribution in [1.29, 1.82) is 0 Å². The molecule has 0 aliphatic heterocycles. The van der Waals surface area contributed by atoms with Gasteiger partial charge in [-0.1, -0.05) is 76.2 Å². The second kappa shape index (κ2) is 9.71. The number of phenols is 1. The summed E-state index contributed by atoms with van der Waals surface area (Å²) >= 11 is 0. The molecular formula is C36H37N2O2+. The molecule has 2 aromatic heterocycles. The van der Waals surface area contributed by atoms with Gasteiger partial charge in [0.2, 0.25) is 0 Å². The second-order valence-corrected chi connectivity index (χ2v) is 11.6. The van der Waals surface area contributed by atoms with Crippen LogP contribution in [0.4, 0.5) is 0 Å². The van der Waals surface area contributed by atoms with Gasteiger partial charge < -0.3 is 9.52 Å². The molecule has 0 radical (unpaired) electrons. The molecule has 0 fully saturated rings. The summed E-state index contributed by atoms with van der Waals surface area (Å²) in [5.74, 6) is 2.09. The summed E-state index contributed by atoms with van der Waals surface area (Å²) in [6, 6.07) is 22.8. The molecule has 0 amide bonds. The van der Waals surface area contributed by atoms with Crippen LogP contribution in [0.5, 0.6) is 5.75 Å². The molecule has 4 heteroatoms. The van der Waals surface area contributed by atoms with Crippen LogP contribution in [-0.4, -0.2) is 9.67 Å². The van der Waals surface area contributed by atoms with E-state index in [2.05, 4.69) is 107 Å². The van der Waals surface area contributed by atoms with Gasteiger partial charge in [-0.05, 0) is 60.6 Å².